The third-order valence-corrected chi connectivity index (χ3v) is 4.60. The van der Waals surface area contributed by atoms with Crippen molar-refractivity contribution in [3.63, 3.8) is 0 Å². The van der Waals surface area contributed by atoms with Crippen LogP contribution in [0.25, 0.3) is 10.9 Å². The highest BCUT2D eigenvalue weighted by molar-refractivity contribution is 6.31. The number of aromatic nitrogens is 1. The van der Waals surface area contributed by atoms with Crippen molar-refractivity contribution >= 4 is 28.3 Å². The van der Waals surface area contributed by atoms with Gasteiger partial charge in [-0.3, -0.25) is 4.79 Å². The molecule has 3 aromatic rings. The normalized spacial score (nSPS) is 10.8. The van der Waals surface area contributed by atoms with Gasteiger partial charge < -0.3 is 4.57 Å². The summed E-state index contributed by atoms with van der Waals surface area (Å²) in [6.45, 7) is 3.82. The Morgan fingerprint density at radius 2 is 1.84 bits per heavy atom. The lowest BCUT2D eigenvalue weighted by molar-refractivity contribution is -0.121. The van der Waals surface area contributed by atoms with Crippen molar-refractivity contribution in [2.75, 3.05) is 0 Å². The number of aryl methyl sites for hydroxylation is 1. The number of ketones is 1. The van der Waals surface area contributed by atoms with Gasteiger partial charge in [-0.05, 0) is 23.8 Å². The molecule has 2 nitrogen and oxygen atoms in total. The first-order chi connectivity index (χ1) is 12.0. The fraction of sp³-hybridized carbons (Fsp3) is 0.227. The molecule has 0 amide bonds. The van der Waals surface area contributed by atoms with E-state index in [1.807, 2.05) is 57.4 Å². The second-order valence-corrected chi connectivity index (χ2v) is 6.94. The van der Waals surface area contributed by atoms with Crippen LogP contribution in [0.15, 0.2) is 48.7 Å². The number of carbonyl (C=O) groups is 1. The van der Waals surface area contributed by atoms with Crippen LogP contribution >= 0.6 is 11.6 Å². The summed E-state index contributed by atoms with van der Waals surface area (Å²) in [6.07, 6.45) is 2.44. The molecule has 3 heteroatoms. The van der Waals surface area contributed by atoms with Crippen molar-refractivity contribution in [3.8, 4) is 11.8 Å². The van der Waals surface area contributed by atoms with Gasteiger partial charge in [0, 0.05) is 42.0 Å². The van der Waals surface area contributed by atoms with Crippen molar-refractivity contribution in [1.29, 1.82) is 0 Å². The zero-order valence-corrected chi connectivity index (χ0v) is 15.4. The van der Waals surface area contributed by atoms with E-state index in [4.69, 9.17) is 11.6 Å². The molecule has 0 fully saturated rings. The summed E-state index contributed by atoms with van der Waals surface area (Å²) in [4.78, 5) is 11.9. The van der Waals surface area contributed by atoms with Gasteiger partial charge in [0.15, 0.2) is 0 Å². The summed E-state index contributed by atoms with van der Waals surface area (Å²) in [5.74, 6) is 6.63. The van der Waals surface area contributed by atoms with E-state index in [0.29, 0.717) is 11.4 Å². The Bertz CT molecular complexity index is 1000. The Balaban J connectivity index is 1.89. The average molecular weight is 350 g/mol. The second kappa shape index (κ2) is 7.17. The van der Waals surface area contributed by atoms with Gasteiger partial charge >= 0.3 is 0 Å². The molecule has 0 spiro atoms. The topological polar surface area (TPSA) is 22.0 Å². The van der Waals surface area contributed by atoms with Gasteiger partial charge in [0.05, 0.1) is 10.6 Å². The number of para-hydroxylation sites is 1. The molecule has 0 aliphatic carbocycles. The zero-order valence-electron chi connectivity index (χ0n) is 14.6. The average Bonchev–Trinajstić information content (AvgIpc) is 2.90. The molecule has 2 aromatic carbocycles. The van der Waals surface area contributed by atoms with Crippen LogP contribution in [-0.2, 0) is 18.3 Å². The molecule has 126 valence electrons. The first-order valence-corrected chi connectivity index (χ1v) is 8.70. The molecule has 0 unspecified atom stereocenters. The molecule has 0 aliphatic heterocycles. The van der Waals surface area contributed by atoms with Crippen LogP contribution in [-0.4, -0.2) is 10.4 Å². The summed E-state index contributed by atoms with van der Waals surface area (Å²) in [5, 5.41) is 1.72. The second-order valence-electron chi connectivity index (χ2n) is 6.53. The summed E-state index contributed by atoms with van der Waals surface area (Å²) in [6, 6.07) is 13.8. The SMILES string of the molecule is CC(C)C(=O)Cc1ccc(C#Cc2cn(C)c3ccccc23)c(Cl)c1. The number of halogens is 1. The van der Waals surface area contributed by atoms with E-state index in [1.165, 1.54) is 0 Å². The highest BCUT2D eigenvalue weighted by Crippen LogP contribution is 2.21. The number of benzene rings is 2. The molecule has 1 aromatic heterocycles. The maximum absolute atomic E-state index is 11.9. The van der Waals surface area contributed by atoms with Crippen molar-refractivity contribution in [2.45, 2.75) is 20.3 Å². The van der Waals surface area contributed by atoms with E-state index in [0.717, 1.165) is 27.6 Å². The predicted molar refractivity (Wildman–Crippen MR) is 104 cm³/mol. The largest absolute Gasteiger partial charge is 0.349 e. The molecule has 0 radical (unpaired) electrons. The van der Waals surface area contributed by atoms with Gasteiger partial charge in [0.1, 0.15) is 5.78 Å². The number of fused-ring (bicyclic) bond motifs is 1. The highest BCUT2D eigenvalue weighted by Gasteiger charge is 2.09. The van der Waals surface area contributed by atoms with E-state index in [2.05, 4.69) is 28.5 Å². The molecule has 0 saturated carbocycles. The number of nitrogens with zero attached hydrogens (tertiary/aromatic N) is 1. The minimum absolute atomic E-state index is 0.0320. The number of Topliss-reactive ketones (excluding diaryl/α,β-unsaturated/α-hetero) is 1. The lowest BCUT2D eigenvalue weighted by Crippen LogP contribution is -2.10. The first-order valence-electron chi connectivity index (χ1n) is 8.33. The Labute approximate surface area is 153 Å². The van der Waals surface area contributed by atoms with Gasteiger partial charge in [-0.15, -0.1) is 0 Å². The summed E-state index contributed by atoms with van der Waals surface area (Å²) in [7, 11) is 2.01. The van der Waals surface area contributed by atoms with Crippen molar-refractivity contribution in [2.24, 2.45) is 13.0 Å². The first kappa shape index (κ1) is 17.3. The molecule has 0 bridgehead atoms. The maximum Gasteiger partial charge on any atom is 0.139 e. The number of hydrogen-bond acceptors (Lipinski definition) is 1. The van der Waals surface area contributed by atoms with Gasteiger partial charge in [-0.1, -0.05) is 61.6 Å². The van der Waals surface area contributed by atoms with E-state index in [-0.39, 0.29) is 11.7 Å². The molecule has 25 heavy (non-hydrogen) atoms. The van der Waals surface area contributed by atoms with Crippen molar-refractivity contribution in [1.82, 2.24) is 4.57 Å². The van der Waals surface area contributed by atoms with Crippen LogP contribution < -0.4 is 0 Å². The van der Waals surface area contributed by atoms with Crippen LogP contribution in [0.1, 0.15) is 30.5 Å². The van der Waals surface area contributed by atoms with Gasteiger partial charge in [-0.25, -0.2) is 0 Å². The number of hydrogen-bond donors (Lipinski definition) is 0. The van der Waals surface area contributed by atoms with Crippen LogP contribution in [0.2, 0.25) is 5.02 Å². The molecule has 0 N–H and O–H groups in total. The number of rotatable bonds is 3. The smallest absolute Gasteiger partial charge is 0.139 e. The fourth-order valence-electron chi connectivity index (χ4n) is 2.75. The molecule has 0 aliphatic rings. The van der Waals surface area contributed by atoms with Gasteiger partial charge in [0.25, 0.3) is 0 Å². The van der Waals surface area contributed by atoms with Crippen LogP contribution in [0.4, 0.5) is 0 Å². The Morgan fingerprint density at radius 3 is 2.56 bits per heavy atom. The van der Waals surface area contributed by atoms with E-state index in [9.17, 15) is 4.79 Å². The molecule has 0 saturated heterocycles. The van der Waals surface area contributed by atoms with Gasteiger partial charge in [-0.2, -0.15) is 0 Å². The minimum atomic E-state index is 0.0320. The molecular formula is C22H20ClNO. The standard InChI is InChI=1S/C22H20ClNO/c1-15(2)22(25)13-16-8-9-17(20(23)12-16)10-11-18-14-24(3)21-7-5-4-6-19(18)21/h4-9,12,14-15H,13H2,1-3H3. The Hall–Kier alpha value is -2.50. The zero-order chi connectivity index (χ0) is 18.0. The van der Waals surface area contributed by atoms with Gasteiger partial charge in [0.2, 0.25) is 0 Å². The third-order valence-electron chi connectivity index (χ3n) is 4.28. The molecule has 0 atom stereocenters. The van der Waals surface area contributed by atoms with Crippen LogP contribution in [0.5, 0.6) is 0 Å². The lowest BCUT2D eigenvalue weighted by Gasteiger charge is -2.05. The Kier molecular flexibility index (Phi) is 4.97. The lowest BCUT2D eigenvalue weighted by atomic mass is 10.0. The Morgan fingerprint density at radius 1 is 1.12 bits per heavy atom. The quantitative estimate of drug-likeness (QED) is 0.610. The summed E-state index contributed by atoms with van der Waals surface area (Å²) < 4.78 is 2.07. The monoisotopic (exact) mass is 349 g/mol. The highest BCUT2D eigenvalue weighted by atomic mass is 35.5. The van der Waals surface area contributed by atoms with Crippen LogP contribution in [0.3, 0.4) is 0 Å². The summed E-state index contributed by atoms with van der Waals surface area (Å²) >= 11 is 6.36. The number of carbonyl (C=O) groups excluding carboxylic acids is 1. The van der Waals surface area contributed by atoms with E-state index in [1.54, 1.807) is 0 Å². The third kappa shape index (κ3) is 3.78. The maximum atomic E-state index is 11.9. The molecular weight excluding hydrogens is 330 g/mol. The van der Waals surface area contributed by atoms with Crippen LogP contribution in [0, 0.1) is 17.8 Å². The van der Waals surface area contributed by atoms with E-state index < -0.39 is 0 Å². The predicted octanol–water partition coefficient (Wildman–Crippen LogP) is 5.00. The molecule has 1 heterocycles. The van der Waals surface area contributed by atoms with Crippen molar-refractivity contribution < 1.29 is 4.79 Å². The minimum Gasteiger partial charge on any atom is -0.349 e. The molecule has 3 rings (SSSR count). The summed E-state index contributed by atoms with van der Waals surface area (Å²) in [5.41, 5.74) is 3.84. The van der Waals surface area contributed by atoms with E-state index >= 15 is 0 Å². The van der Waals surface area contributed by atoms with Crippen molar-refractivity contribution in [3.05, 3.63) is 70.4 Å². The fourth-order valence-corrected chi connectivity index (χ4v) is 3.00.